The molecule has 0 saturated heterocycles. The monoisotopic (exact) mass is 385 g/mol. The Morgan fingerprint density at radius 2 is 2.18 bits per heavy atom. The molecule has 1 aromatic carbocycles. The number of benzene rings is 1. The third-order valence-electron chi connectivity index (χ3n) is 2.97. The first-order valence-corrected chi connectivity index (χ1v) is 8.22. The highest BCUT2D eigenvalue weighted by molar-refractivity contribution is 9.10. The number of hydrogen-bond donors (Lipinski definition) is 1. The van der Waals surface area contributed by atoms with E-state index in [1.54, 1.807) is 24.3 Å². The Labute approximate surface area is 142 Å². The maximum absolute atomic E-state index is 11.8. The zero-order valence-corrected chi connectivity index (χ0v) is 14.5. The van der Waals surface area contributed by atoms with E-state index in [1.165, 1.54) is 0 Å². The van der Waals surface area contributed by atoms with E-state index >= 15 is 0 Å². The van der Waals surface area contributed by atoms with Crippen LogP contribution in [0.4, 0.5) is 0 Å². The van der Waals surface area contributed by atoms with Crippen molar-refractivity contribution in [3.63, 3.8) is 0 Å². The van der Waals surface area contributed by atoms with E-state index in [4.69, 9.17) is 20.8 Å². The first kappa shape index (κ1) is 16.9. The van der Waals surface area contributed by atoms with Crippen LogP contribution in [0.5, 0.6) is 5.75 Å². The Bertz CT molecular complexity index is 642. The molecule has 1 amide bonds. The molecule has 6 heteroatoms. The zero-order chi connectivity index (χ0) is 15.9. The smallest absolute Gasteiger partial charge is 0.286 e. The molecular weight excluding hydrogens is 370 g/mol. The Balaban J connectivity index is 1.90. The molecule has 2 aromatic rings. The van der Waals surface area contributed by atoms with Crippen molar-refractivity contribution in [3.8, 4) is 5.75 Å². The molecule has 1 N–H and O–H groups in total. The second kappa shape index (κ2) is 8.25. The number of furan rings is 1. The highest BCUT2D eigenvalue weighted by atomic mass is 79.9. The summed E-state index contributed by atoms with van der Waals surface area (Å²) >= 11 is 9.41. The molecule has 0 radical (unpaired) electrons. The van der Waals surface area contributed by atoms with Crippen LogP contribution in [0.2, 0.25) is 5.02 Å². The fourth-order valence-corrected chi connectivity index (χ4v) is 2.51. The van der Waals surface area contributed by atoms with Gasteiger partial charge in [-0.15, -0.1) is 0 Å². The highest BCUT2D eigenvalue weighted by Crippen LogP contribution is 2.28. The first-order chi connectivity index (χ1) is 10.6. The van der Waals surface area contributed by atoms with Gasteiger partial charge in [0.15, 0.2) is 5.76 Å². The number of amides is 1. The van der Waals surface area contributed by atoms with Gasteiger partial charge in [-0.05, 0) is 36.8 Å². The molecular formula is C16H17BrClNO3. The lowest BCUT2D eigenvalue weighted by atomic mass is 10.3. The van der Waals surface area contributed by atoms with Gasteiger partial charge in [0.1, 0.15) is 18.1 Å². The summed E-state index contributed by atoms with van der Waals surface area (Å²) in [6.45, 7) is 2.93. The Morgan fingerprint density at radius 3 is 2.91 bits per heavy atom. The number of carbonyl (C=O) groups is 1. The molecule has 118 valence electrons. The normalized spacial score (nSPS) is 10.5. The first-order valence-electron chi connectivity index (χ1n) is 7.05. The minimum Gasteiger partial charge on any atom is -0.484 e. The SMILES string of the molecule is CCCCNC(=O)c1ccc(COc2ccc(Br)cc2Cl)o1. The summed E-state index contributed by atoms with van der Waals surface area (Å²) in [6.07, 6.45) is 1.98. The molecule has 0 fully saturated rings. The Hall–Kier alpha value is -1.46. The van der Waals surface area contributed by atoms with Crippen LogP contribution in [0, 0.1) is 0 Å². The molecule has 22 heavy (non-hydrogen) atoms. The van der Waals surface area contributed by atoms with Crippen LogP contribution < -0.4 is 10.1 Å². The van der Waals surface area contributed by atoms with Gasteiger partial charge in [0.25, 0.3) is 5.91 Å². The quantitative estimate of drug-likeness (QED) is 0.695. The van der Waals surface area contributed by atoms with Crippen molar-refractivity contribution in [1.29, 1.82) is 0 Å². The number of unbranched alkanes of at least 4 members (excludes halogenated alkanes) is 1. The van der Waals surface area contributed by atoms with Crippen molar-refractivity contribution in [1.82, 2.24) is 5.32 Å². The van der Waals surface area contributed by atoms with Gasteiger partial charge in [0.05, 0.1) is 5.02 Å². The maximum atomic E-state index is 11.8. The van der Waals surface area contributed by atoms with Gasteiger partial charge in [-0.1, -0.05) is 40.9 Å². The van der Waals surface area contributed by atoms with Crippen molar-refractivity contribution in [2.75, 3.05) is 6.54 Å². The molecule has 0 bridgehead atoms. The van der Waals surface area contributed by atoms with E-state index in [2.05, 4.69) is 28.2 Å². The lowest BCUT2D eigenvalue weighted by Crippen LogP contribution is -2.23. The van der Waals surface area contributed by atoms with Gasteiger partial charge in [-0.2, -0.15) is 0 Å². The highest BCUT2D eigenvalue weighted by Gasteiger charge is 2.11. The van der Waals surface area contributed by atoms with Gasteiger partial charge < -0.3 is 14.5 Å². The number of ether oxygens (including phenoxy) is 1. The Morgan fingerprint density at radius 1 is 1.36 bits per heavy atom. The summed E-state index contributed by atoms with van der Waals surface area (Å²) in [5, 5.41) is 3.31. The standard InChI is InChI=1S/C16H17BrClNO3/c1-2-3-8-19-16(20)15-7-5-12(22-15)10-21-14-6-4-11(17)9-13(14)18/h4-7,9H,2-3,8,10H2,1H3,(H,19,20). The summed E-state index contributed by atoms with van der Waals surface area (Å²) in [6, 6.07) is 8.74. The minimum atomic E-state index is -0.207. The number of halogens is 2. The largest absolute Gasteiger partial charge is 0.484 e. The van der Waals surface area contributed by atoms with Crippen LogP contribution in [0.15, 0.2) is 39.2 Å². The summed E-state index contributed by atoms with van der Waals surface area (Å²) < 4.78 is 11.9. The molecule has 0 aliphatic carbocycles. The summed E-state index contributed by atoms with van der Waals surface area (Å²) in [5.41, 5.74) is 0. The van der Waals surface area contributed by atoms with Gasteiger partial charge >= 0.3 is 0 Å². The fourth-order valence-electron chi connectivity index (χ4n) is 1.78. The molecule has 0 aliphatic rings. The molecule has 1 aromatic heterocycles. The number of rotatable bonds is 7. The second-order valence-electron chi connectivity index (χ2n) is 4.74. The minimum absolute atomic E-state index is 0.207. The van der Waals surface area contributed by atoms with E-state index in [9.17, 15) is 4.79 Å². The van der Waals surface area contributed by atoms with Gasteiger partial charge in [0.2, 0.25) is 0 Å². The predicted octanol–water partition coefficient (Wildman–Crippen LogP) is 4.80. The summed E-state index contributed by atoms with van der Waals surface area (Å²) in [5.74, 6) is 1.22. The molecule has 0 saturated carbocycles. The summed E-state index contributed by atoms with van der Waals surface area (Å²) in [4.78, 5) is 11.8. The predicted molar refractivity (Wildman–Crippen MR) is 89.4 cm³/mol. The van der Waals surface area contributed by atoms with Gasteiger partial charge in [0, 0.05) is 11.0 Å². The van der Waals surface area contributed by atoms with Crippen LogP contribution >= 0.6 is 27.5 Å². The molecule has 0 spiro atoms. The Kier molecular flexibility index (Phi) is 6.34. The third-order valence-corrected chi connectivity index (χ3v) is 3.75. The second-order valence-corrected chi connectivity index (χ2v) is 6.06. The molecule has 0 atom stereocenters. The van der Waals surface area contributed by atoms with Crippen LogP contribution in [0.25, 0.3) is 0 Å². The molecule has 0 aliphatic heterocycles. The van der Waals surface area contributed by atoms with E-state index in [-0.39, 0.29) is 18.3 Å². The van der Waals surface area contributed by atoms with Crippen LogP contribution in [0.3, 0.4) is 0 Å². The van der Waals surface area contributed by atoms with E-state index < -0.39 is 0 Å². The maximum Gasteiger partial charge on any atom is 0.286 e. The van der Waals surface area contributed by atoms with Crippen molar-refractivity contribution >= 4 is 33.4 Å². The van der Waals surface area contributed by atoms with Crippen molar-refractivity contribution in [2.45, 2.75) is 26.4 Å². The molecule has 0 unspecified atom stereocenters. The van der Waals surface area contributed by atoms with Crippen molar-refractivity contribution < 1.29 is 13.9 Å². The number of carbonyl (C=O) groups excluding carboxylic acids is 1. The molecule has 4 nitrogen and oxygen atoms in total. The van der Waals surface area contributed by atoms with Crippen molar-refractivity contribution in [3.05, 3.63) is 51.3 Å². The topological polar surface area (TPSA) is 51.5 Å². The fraction of sp³-hybridized carbons (Fsp3) is 0.312. The van der Waals surface area contributed by atoms with Crippen molar-refractivity contribution in [2.24, 2.45) is 0 Å². The summed E-state index contributed by atoms with van der Waals surface area (Å²) in [7, 11) is 0. The van der Waals surface area contributed by atoms with E-state index in [0.717, 1.165) is 17.3 Å². The zero-order valence-electron chi connectivity index (χ0n) is 12.2. The van der Waals surface area contributed by atoms with E-state index in [0.29, 0.717) is 23.1 Å². The number of hydrogen-bond acceptors (Lipinski definition) is 3. The average molecular weight is 387 g/mol. The van der Waals surface area contributed by atoms with Gasteiger partial charge in [-0.3, -0.25) is 4.79 Å². The number of nitrogens with one attached hydrogen (secondary N) is 1. The van der Waals surface area contributed by atoms with Crippen LogP contribution in [-0.4, -0.2) is 12.5 Å². The molecule has 1 heterocycles. The van der Waals surface area contributed by atoms with E-state index in [1.807, 2.05) is 6.07 Å². The average Bonchev–Trinajstić information content (AvgIpc) is 2.95. The van der Waals surface area contributed by atoms with Gasteiger partial charge in [-0.25, -0.2) is 0 Å². The third kappa shape index (κ3) is 4.78. The lowest BCUT2D eigenvalue weighted by Gasteiger charge is -2.06. The van der Waals surface area contributed by atoms with Crippen LogP contribution in [0.1, 0.15) is 36.1 Å². The lowest BCUT2D eigenvalue weighted by molar-refractivity contribution is 0.0921. The van der Waals surface area contributed by atoms with Crippen LogP contribution in [-0.2, 0) is 6.61 Å². The molecule has 2 rings (SSSR count).